The second-order valence-corrected chi connectivity index (χ2v) is 6.21. The fourth-order valence-electron chi connectivity index (χ4n) is 2.48. The molecule has 0 unspecified atom stereocenters. The lowest BCUT2D eigenvalue weighted by Gasteiger charge is -2.14. The van der Waals surface area contributed by atoms with E-state index in [1.807, 2.05) is 0 Å². The number of phenolic OH excluding ortho intramolecular Hbond substituents is 1. The third kappa shape index (κ3) is 4.20. The summed E-state index contributed by atoms with van der Waals surface area (Å²) < 4.78 is 33.6. The number of hydrogen-bond donors (Lipinski definition) is 2. The van der Waals surface area contributed by atoms with Crippen LogP contribution in [0.15, 0.2) is 24.3 Å². The van der Waals surface area contributed by atoms with Gasteiger partial charge in [0.05, 0.1) is 5.02 Å². The minimum absolute atomic E-state index is 0.0147. The highest BCUT2D eigenvalue weighted by molar-refractivity contribution is 6.31. The van der Waals surface area contributed by atoms with Gasteiger partial charge >= 0.3 is 5.97 Å². The van der Waals surface area contributed by atoms with E-state index in [1.165, 1.54) is 24.3 Å². The summed E-state index contributed by atoms with van der Waals surface area (Å²) in [6.45, 7) is 2.81. The van der Waals surface area contributed by atoms with Gasteiger partial charge in [-0.25, -0.2) is 13.6 Å². The first-order valence-corrected chi connectivity index (χ1v) is 7.91. The van der Waals surface area contributed by atoms with Gasteiger partial charge in [-0.1, -0.05) is 37.6 Å². The first-order valence-electron chi connectivity index (χ1n) is 7.54. The molecule has 2 aromatic carbocycles. The molecule has 0 saturated heterocycles. The molecule has 2 rings (SSSR count). The van der Waals surface area contributed by atoms with Gasteiger partial charge in [0.2, 0.25) is 0 Å². The van der Waals surface area contributed by atoms with Gasteiger partial charge in [-0.3, -0.25) is 0 Å². The Kier molecular flexibility index (Phi) is 5.85. The predicted octanol–water partition coefficient (Wildman–Crippen LogP) is 4.50. The summed E-state index contributed by atoms with van der Waals surface area (Å²) in [6.07, 6.45) is 0.0147. The highest BCUT2D eigenvalue weighted by Gasteiger charge is 2.19. The molecule has 0 saturated carbocycles. The van der Waals surface area contributed by atoms with Crippen molar-refractivity contribution in [3.8, 4) is 11.5 Å². The van der Waals surface area contributed by atoms with Crippen LogP contribution in [0.1, 0.15) is 36.5 Å². The van der Waals surface area contributed by atoms with E-state index in [1.54, 1.807) is 13.8 Å². The summed E-state index contributed by atoms with van der Waals surface area (Å²) in [6, 6.07) is 5.51. The highest BCUT2D eigenvalue weighted by atomic mass is 35.5. The van der Waals surface area contributed by atoms with Crippen LogP contribution in [0.3, 0.4) is 0 Å². The molecular weight excluding hydrogens is 354 g/mol. The van der Waals surface area contributed by atoms with E-state index in [2.05, 4.69) is 0 Å². The van der Waals surface area contributed by atoms with Gasteiger partial charge < -0.3 is 14.9 Å². The van der Waals surface area contributed by atoms with Crippen molar-refractivity contribution in [2.24, 2.45) is 0 Å². The Bertz CT molecular complexity index is 806. The molecule has 134 valence electrons. The zero-order valence-corrected chi connectivity index (χ0v) is 14.4. The van der Waals surface area contributed by atoms with Crippen LogP contribution in [0, 0.1) is 11.6 Å². The van der Waals surface area contributed by atoms with E-state index in [4.69, 9.17) is 21.4 Å². The molecule has 0 aliphatic carbocycles. The molecule has 0 heterocycles. The van der Waals surface area contributed by atoms with Crippen LogP contribution in [0.4, 0.5) is 8.78 Å². The van der Waals surface area contributed by atoms with Crippen LogP contribution in [0.5, 0.6) is 11.5 Å². The van der Waals surface area contributed by atoms with Crippen LogP contribution in [0.2, 0.25) is 5.02 Å². The van der Waals surface area contributed by atoms with E-state index in [0.29, 0.717) is 5.56 Å². The first kappa shape index (κ1) is 19.0. The Hall–Kier alpha value is -2.34. The van der Waals surface area contributed by atoms with Gasteiger partial charge in [0.1, 0.15) is 11.6 Å². The summed E-state index contributed by atoms with van der Waals surface area (Å²) in [7, 11) is 0. The molecule has 0 aliphatic rings. The molecule has 7 heteroatoms. The summed E-state index contributed by atoms with van der Waals surface area (Å²) in [5, 5.41) is 18.1. The lowest BCUT2D eigenvalue weighted by Crippen LogP contribution is -2.10. The molecule has 2 aromatic rings. The smallest absolute Gasteiger partial charge is 0.341 e. The monoisotopic (exact) mass is 370 g/mol. The highest BCUT2D eigenvalue weighted by Crippen LogP contribution is 2.34. The first-order chi connectivity index (χ1) is 11.7. The van der Waals surface area contributed by atoms with E-state index in [9.17, 15) is 18.7 Å². The quantitative estimate of drug-likeness (QED) is 0.785. The van der Waals surface area contributed by atoms with Gasteiger partial charge in [0.15, 0.2) is 18.2 Å². The SMILES string of the molecule is CC(C)c1c(O)ccc(Cc2ccc(OCC(=O)O)c(F)c2Cl)c1F. The number of rotatable bonds is 6. The second-order valence-electron chi connectivity index (χ2n) is 5.84. The molecule has 0 radical (unpaired) electrons. The Morgan fingerprint density at radius 1 is 1.16 bits per heavy atom. The van der Waals surface area contributed by atoms with Gasteiger partial charge in [-0.2, -0.15) is 0 Å². The molecule has 0 aromatic heterocycles. The molecule has 25 heavy (non-hydrogen) atoms. The second kappa shape index (κ2) is 7.70. The minimum atomic E-state index is -1.24. The fraction of sp³-hybridized carbons (Fsp3) is 0.278. The standard InChI is InChI=1S/C18H17ClF2O4/c1-9(2)15-12(22)5-3-11(17(15)20)7-10-4-6-13(18(21)16(10)19)25-8-14(23)24/h3-6,9,22H,7-8H2,1-2H3,(H,23,24). The summed E-state index contributed by atoms with van der Waals surface area (Å²) in [4.78, 5) is 10.5. The van der Waals surface area contributed by atoms with Crippen LogP contribution >= 0.6 is 11.6 Å². The predicted molar refractivity (Wildman–Crippen MR) is 89.5 cm³/mol. The minimum Gasteiger partial charge on any atom is -0.508 e. The number of hydrogen-bond acceptors (Lipinski definition) is 3. The van der Waals surface area contributed by atoms with Crippen molar-refractivity contribution >= 4 is 17.6 Å². The maximum Gasteiger partial charge on any atom is 0.341 e. The Morgan fingerprint density at radius 3 is 2.40 bits per heavy atom. The van der Waals surface area contributed by atoms with Crippen LogP contribution < -0.4 is 4.74 Å². The van der Waals surface area contributed by atoms with E-state index >= 15 is 0 Å². The van der Waals surface area contributed by atoms with Crippen molar-refractivity contribution in [1.82, 2.24) is 0 Å². The fourth-order valence-corrected chi connectivity index (χ4v) is 2.70. The van der Waals surface area contributed by atoms with Crippen LogP contribution in [0.25, 0.3) is 0 Å². The van der Waals surface area contributed by atoms with Crippen molar-refractivity contribution in [3.63, 3.8) is 0 Å². The third-order valence-electron chi connectivity index (χ3n) is 3.67. The molecule has 0 fully saturated rings. The van der Waals surface area contributed by atoms with Crippen LogP contribution in [-0.2, 0) is 11.2 Å². The van der Waals surface area contributed by atoms with Gasteiger partial charge in [0.25, 0.3) is 0 Å². The molecule has 0 aliphatic heterocycles. The van der Waals surface area contributed by atoms with Crippen molar-refractivity contribution < 1.29 is 28.5 Å². The van der Waals surface area contributed by atoms with Gasteiger partial charge in [-0.15, -0.1) is 0 Å². The van der Waals surface area contributed by atoms with E-state index in [-0.39, 0.29) is 40.0 Å². The molecule has 4 nitrogen and oxygen atoms in total. The maximum absolute atomic E-state index is 14.6. The lowest BCUT2D eigenvalue weighted by molar-refractivity contribution is -0.139. The largest absolute Gasteiger partial charge is 0.508 e. The van der Waals surface area contributed by atoms with Gasteiger partial charge in [0, 0.05) is 12.0 Å². The number of carboxylic acid groups (broad SMARTS) is 1. The average Bonchev–Trinajstić information content (AvgIpc) is 2.53. The summed E-state index contributed by atoms with van der Waals surface area (Å²) >= 11 is 5.98. The number of ether oxygens (including phenoxy) is 1. The number of aliphatic carboxylic acids is 1. The number of benzene rings is 2. The van der Waals surface area contributed by atoms with Gasteiger partial charge in [-0.05, 0) is 29.2 Å². The number of halogens is 3. The molecule has 0 spiro atoms. The van der Waals surface area contributed by atoms with E-state index in [0.717, 1.165) is 0 Å². The van der Waals surface area contributed by atoms with Crippen LogP contribution in [-0.4, -0.2) is 22.8 Å². The zero-order valence-electron chi connectivity index (χ0n) is 13.6. The number of aromatic hydroxyl groups is 1. The zero-order chi connectivity index (χ0) is 18.7. The van der Waals surface area contributed by atoms with Crippen molar-refractivity contribution in [1.29, 1.82) is 0 Å². The number of phenols is 1. The Morgan fingerprint density at radius 2 is 1.80 bits per heavy atom. The maximum atomic E-state index is 14.6. The Balaban J connectivity index is 2.34. The molecule has 0 bridgehead atoms. The van der Waals surface area contributed by atoms with Crippen molar-refractivity contribution in [3.05, 3.63) is 57.6 Å². The lowest BCUT2D eigenvalue weighted by atomic mass is 9.95. The average molecular weight is 371 g/mol. The number of carbonyl (C=O) groups is 1. The van der Waals surface area contributed by atoms with E-state index < -0.39 is 24.2 Å². The van der Waals surface area contributed by atoms with Crippen molar-refractivity contribution in [2.45, 2.75) is 26.2 Å². The third-order valence-corrected chi connectivity index (χ3v) is 4.08. The number of carboxylic acids is 1. The Labute approximate surface area is 148 Å². The molecule has 2 N–H and O–H groups in total. The summed E-state index contributed by atoms with van der Waals surface area (Å²) in [5.41, 5.74) is 0.777. The normalized spacial score (nSPS) is 11.0. The summed E-state index contributed by atoms with van der Waals surface area (Å²) in [5.74, 6) is -3.34. The molecule has 0 atom stereocenters. The molecule has 0 amide bonds. The van der Waals surface area contributed by atoms with Crippen molar-refractivity contribution in [2.75, 3.05) is 6.61 Å². The molecular formula is C18H17ClF2O4. The topological polar surface area (TPSA) is 66.8 Å².